The number of benzene rings is 1. The van der Waals surface area contributed by atoms with Crippen LogP contribution in [0.5, 0.6) is 0 Å². The maximum absolute atomic E-state index is 11.6. The molecule has 1 aromatic carbocycles. The van der Waals surface area contributed by atoms with Gasteiger partial charge in [-0.15, -0.1) is 0 Å². The highest BCUT2D eigenvalue weighted by atomic mass is 35.5. The summed E-state index contributed by atoms with van der Waals surface area (Å²) in [6.45, 7) is 1.94. The highest BCUT2D eigenvalue weighted by Crippen LogP contribution is 2.18. The summed E-state index contributed by atoms with van der Waals surface area (Å²) in [7, 11) is 0. The Bertz CT molecular complexity index is 545. The first kappa shape index (κ1) is 9.99. The van der Waals surface area contributed by atoms with Crippen LogP contribution in [0.1, 0.15) is 5.56 Å². The summed E-state index contributed by atoms with van der Waals surface area (Å²) in [6.07, 6.45) is 1.78. The standard InChI is InChI=1S/C12H10ClNO/c1-9-6-7-12(15)14(8-9)11-5-3-2-4-10(11)13/h2-8H,1H3. The Hall–Kier alpha value is -1.54. The molecule has 0 radical (unpaired) electrons. The van der Waals surface area contributed by atoms with E-state index in [9.17, 15) is 4.79 Å². The van der Waals surface area contributed by atoms with Gasteiger partial charge in [-0.2, -0.15) is 0 Å². The largest absolute Gasteiger partial charge is 0.283 e. The molecular formula is C12H10ClNO. The maximum atomic E-state index is 11.6. The molecular weight excluding hydrogens is 210 g/mol. The van der Waals surface area contributed by atoms with Crippen molar-refractivity contribution >= 4 is 11.6 Å². The Morgan fingerprint density at radius 3 is 2.60 bits per heavy atom. The van der Waals surface area contributed by atoms with Crippen LogP contribution >= 0.6 is 11.6 Å². The summed E-state index contributed by atoms with van der Waals surface area (Å²) in [5.41, 5.74) is 1.66. The summed E-state index contributed by atoms with van der Waals surface area (Å²) >= 11 is 6.02. The van der Waals surface area contributed by atoms with Gasteiger partial charge in [0.25, 0.3) is 5.56 Å². The molecule has 0 aliphatic rings. The third-order valence-electron chi connectivity index (χ3n) is 2.17. The molecule has 0 atom stereocenters. The van der Waals surface area contributed by atoms with Crippen LogP contribution in [0, 0.1) is 6.92 Å². The van der Waals surface area contributed by atoms with Crippen LogP contribution in [-0.2, 0) is 0 Å². The lowest BCUT2D eigenvalue weighted by atomic mass is 10.2. The first-order chi connectivity index (χ1) is 7.18. The summed E-state index contributed by atoms with van der Waals surface area (Å²) in [6, 6.07) is 10.6. The van der Waals surface area contributed by atoms with Crippen molar-refractivity contribution in [2.24, 2.45) is 0 Å². The fourth-order valence-electron chi connectivity index (χ4n) is 1.43. The fourth-order valence-corrected chi connectivity index (χ4v) is 1.66. The predicted octanol–water partition coefficient (Wildman–Crippen LogP) is 2.80. The van der Waals surface area contributed by atoms with Crippen LogP contribution in [0.4, 0.5) is 0 Å². The topological polar surface area (TPSA) is 22.0 Å². The Labute approximate surface area is 92.7 Å². The summed E-state index contributed by atoms with van der Waals surface area (Å²) in [4.78, 5) is 11.6. The lowest BCUT2D eigenvalue weighted by Crippen LogP contribution is -2.16. The fraction of sp³-hybridized carbons (Fsp3) is 0.0833. The van der Waals surface area contributed by atoms with E-state index >= 15 is 0 Å². The monoisotopic (exact) mass is 219 g/mol. The van der Waals surface area contributed by atoms with Gasteiger partial charge in [0.15, 0.2) is 0 Å². The second-order valence-electron chi connectivity index (χ2n) is 3.37. The molecule has 0 spiro atoms. The first-order valence-corrected chi connectivity index (χ1v) is 5.00. The van der Waals surface area contributed by atoms with Gasteiger partial charge in [-0.1, -0.05) is 29.8 Å². The first-order valence-electron chi connectivity index (χ1n) is 4.63. The molecule has 15 heavy (non-hydrogen) atoms. The van der Waals surface area contributed by atoms with E-state index in [1.807, 2.05) is 25.1 Å². The molecule has 0 unspecified atom stereocenters. The zero-order valence-corrected chi connectivity index (χ0v) is 9.03. The number of hydrogen-bond acceptors (Lipinski definition) is 1. The zero-order chi connectivity index (χ0) is 10.8. The third kappa shape index (κ3) is 1.95. The molecule has 0 saturated heterocycles. The van der Waals surface area contributed by atoms with Crippen LogP contribution in [0.25, 0.3) is 5.69 Å². The second kappa shape index (κ2) is 3.91. The van der Waals surface area contributed by atoms with Crippen molar-refractivity contribution in [3.63, 3.8) is 0 Å². The second-order valence-corrected chi connectivity index (χ2v) is 3.77. The number of rotatable bonds is 1. The van der Waals surface area contributed by atoms with Crippen molar-refractivity contribution in [1.82, 2.24) is 4.57 Å². The molecule has 0 bridgehead atoms. The van der Waals surface area contributed by atoms with Crippen molar-refractivity contribution in [1.29, 1.82) is 0 Å². The van der Waals surface area contributed by atoms with Crippen LogP contribution in [0.3, 0.4) is 0 Å². The van der Waals surface area contributed by atoms with Gasteiger partial charge in [0.05, 0.1) is 10.7 Å². The van der Waals surface area contributed by atoms with Gasteiger partial charge >= 0.3 is 0 Å². The van der Waals surface area contributed by atoms with Crippen LogP contribution in [0.15, 0.2) is 47.4 Å². The molecule has 0 N–H and O–H groups in total. The van der Waals surface area contributed by atoms with E-state index < -0.39 is 0 Å². The van der Waals surface area contributed by atoms with Crippen LogP contribution in [0.2, 0.25) is 5.02 Å². The lowest BCUT2D eigenvalue weighted by Gasteiger charge is -2.07. The van der Waals surface area contributed by atoms with Gasteiger partial charge in [-0.25, -0.2) is 0 Å². The minimum Gasteiger partial charge on any atom is -0.283 e. The smallest absolute Gasteiger partial charge is 0.255 e. The van der Waals surface area contributed by atoms with Gasteiger partial charge in [-0.05, 0) is 24.6 Å². The van der Waals surface area contributed by atoms with Crippen molar-refractivity contribution in [3.8, 4) is 5.69 Å². The number of para-hydroxylation sites is 1. The average Bonchev–Trinajstić information content (AvgIpc) is 2.23. The number of pyridine rings is 1. The molecule has 2 nitrogen and oxygen atoms in total. The van der Waals surface area contributed by atoms with Crippen LogP contribution in [-0.4, -0.2) is 4.57 Å². The minimum absolute atomic E-state index is 0.0753. The molecule has 1 heterocycles. The van der Waals surface area contributed by atoms with E-state index in [0.29, 0.717) is 10.7 Å². The molecule has 0 aliphatic heterocycles. The van der Waals surface area contributed by atoms with Crippen molar-refractivity contribution in [2.45, 2.75) is 6.92 Å². The predicted molar refractivity (Wildman–Crippen MR) is 61.8 cm³/mol. The van der Waals surface area contributed by atoms with Crippen molar-refractivity contribution in [2.75, 3.05) is 0 Å². The minimum atomic E-state index is -0.0753. The lowest BCUT2D eigenvalue weighted by molar-refractivity contribution is 0.977. The molecule has 0 amide bonds. The van der Waals surface area contributed by atoms with Crippen LogP contribution < -0.4 is 5.56 Å². The number of halogens is 1. The molecule has 0 saturated carbocycles. The molecule has 2 rings (SSSR count). The summed E-state index contributed by atoms with van der Waals surface area (Å²) in [5.74, 6) is 0. The Kier molecular flexibility index (Phi) is 2.60. The van der Waals surface area contributed by atoms with Gasteiger partial charge in [0.1, 0.15) is 0 Å². The maximum Gasteiger partial charge on any atom is 0.255 e. The van der Waals surface area contributed by atoms with Crippen molar-refractivity contribution in [3.05, 3.63) is 63.5 Å². The normalized spacial score (nSPS) is 10.3. The molecule has 0 fully saturated rings. The number of aryl methyl sites for hydroxylation is 1. The Balaban J connectivity index is 2.69. The third-order valence-corrected chi connectivity index (χ3v) is 2.49. The summed E-state index contributed by atoms with van der Waals surface area (Å²) in [5, 5.41) is 0.574. The number of hydrogen-bond donors (Lipinski definition) is 0. The molecule has 76 valence electrons. The highest BCUT2D eigenvalue weighted by molar-refractivity contribution is 6.32. The van der Waals surface area contributed by atoms with Crippen molar-refractivity contribution < 1.29 is 0 Å². The SMILES string of the molecule is Cc1ccc(=O)n(-c2ccccc2Cl)c1. The quantitative estimate of drug-likeness (QED) is 0.723. The van der Waals surface area contributed by atoms with E-state index in [1.165, 1.54) is 0 Å². The van der Waals surface area contributed by atoms with Gasteiger partial charge in [-0.3, -0.25) is 9.36 Å². The highest BCUT2D eigenvalue weighted by Gasteiger charge is 2.03. The molecule has 3 heteroatoms. The Morgan fingerprint density at radius 2 is 1.87 bits per heavy atom. The summed E-state index contributed by atoms with van der Waals surface area (Å²) < 4.78 is 1.55. The number of nitrogens with zero attached hydrogens (tertiary/aromatic N) is 1. The van der Waals surface area contributed by atoms with Gasteiger partial charge in [0.2, 0.25) is 0 Å². The molecule has 2 aromatic rings. The van der Waals surface area contributed by atoms with E-state index in [-0.39, 0.29) is 5.56 Å². The van der Waals surface area contributed by atoms with E-state index in [4.69, 9.17) is 11.6 Å². The molecule has 0 aliphatic carbocycles. The number of aromatic nitrogens is 1. The van der Waals surface area contributed by atoms with Gasteiger partial charge < -0.3 is 0 Å². The molecule has 1 aromatic heterocycles. The average molecular weight is 220 g/mol. The van der Waals surface area contributed by atoms with E-state index in [0.717, 1.165) is 5.56 Å². The van der Waals surface area contributed by atoms with E-state index in [1.54, 1.807) is 29.0 Å². The Morgan fingerprint density at radius 1 is 1.13 bits per heavy atom. The van der Waals surface area contributed by atoms with E-state index in [2.05, 4.69) is 0 Å². The zero-order valence-electron chi connectivity index (χ0n) is 8.27. The van der Waals surface area contributed by atoms with Gasteiger partial charge in [0, 0.05) is 12.3 Å².